The van der Waals surface area contributed by atoms with E-state index in [0.29, 0.717) is 11.8 Å². The van der Waals surface area contributed by atoms with Crippen molar-refractivity contribution in [3.63, 3.8) is 0 Å². The van der Waals surface area contributed by atoms with Crippen LogP contribution in [-0.2, 0) is 0 Å². The van der Waals surface area contributed by atoms with Gasteiger partial charge >= 0.3 is 0 Å². The van der Waals surface area contributed by atoms with Crippen LogP contribution in [0.25, 0.3) is 0 Å². The Morgan fingerprint density at radius 2 is 2.21 bits per heavy atom. The summed E-state index contributed by atoms with van der Waals surface area (Å²) in [6.45, 7) is 5.04. The van der Waals surface area contributed by atoms with Crippen LogP contribution in [0.1, 0.15) is 19.8 Å². The fourth-order valence-electron chi connectivity index (χ4n) is 2.44. The minimum atomic E-state index is 0.414. The molecule has 2 rings (SSSR count). The van der Waals surface area contributed by atoms with Gasteiger partial charge in [-0.2, -0.15) is 0 Å². The van der Waals surface area contributed by atoms with Crippen LogP contribution in [0.5, 0.6) is 5.75 Å². The lowest BCUT2D eigenvalue weighted by Crippen LogP contribution is -2.40. The van der Waals surface area contributed by atoms with Crippen LogP contribution in [0.2, 0.25) is 0 Å². The molecule has 1 atom stereocenters. The summed E-state index contributed by atoms with van der Waals surface area (Å²) in [4.78, 5) is 10.8. The molecule has 0 aromatic carbocycles. The maximum atomic E-state index is 5.43. The van der Waals surface area contributed by atoms with Crippen LogP contribution in [0.4, 0.5) is 11.6 Å². The molecule has 1 fully saturated rings. The van der Waals surface area contributed by atoms with E-state index in [1.807, 2.05) is 6.92 Å². The van der Waals surface area contributed by atoms with Crippen molar-refractivity contribution in [1.29, 1.82) is 0 Å². The first-order chi connectivity index (χ1) is 9.24. The standard InChI is InChI=1S/C13H23N5O/c1-4-14-12-11(19-3)13(16-9-15-12)17-10-6-5-7-18(2)8-10/h9-10H,4-8H2,1-3H3,(H2,14,15,16,17). The van der Waals surface area contributed by atoms with Crippen LogP contribution in [0.3, 0.4) is 0 Å². The molecule has 6 nitrogen and oxygen atoms in total. The Labute approximate surface area is 114 Å². The molecule has 0 radical (unpaired) electrons. The van der Waals surface area contributed by atoms with Crippen molar-refractivity contribution in [2.24, 2.45) is 0 Å². The minimum absolute atomic E-state index is 0.414. The van der Waals surface area contributed by atoms with E-state index in [1.54, 1.807) is 13.4 Å². The predicted octanol–water partition coefficient (Wildman–Crippen LogP) is 1.42. The zero-order valence-corrected chi connectivity index (χ0v) is 11.9. The largest absolute Gasteiger partial charge is 0.490 e. The third kappa shape index (κ3) is 3.47. The summed E-state index contributed by atoms with van der Waals surface area (Å²) in [6.07, 6.45) is 3.94. The van der Waals surface area contributed by atoms with Crippen molar-refractivity contribution in [3.8, 4) is 5.75 Å². The van der Waals surface area contributed by atoms with Crippen molar-refractivity contribution in [3.05, 3.63) is 6.33 Å². The monoisotopic (exact) mass is 265 g/mol. The van der Waals surface area contributed by atoms with E-state index in [1.165, 1.54) is 13.0 Å². The summed E-state index contributed by atoms with van der Waals surface area (Å²) in [5.41, 5.74) is 0. The number of nitrogens with one attached hydrogen (secondary N) is 2. The van der Waals surface area contributed by atoms with Crippen LogP contribution >= 0.6 is 0 Å². The van der Waals surface area contributed by atoms with Gasteiger partial charge in [-0.1, -0.05) is 0 Å². The van der Waals surface area contributed by atoms with E-state index in [2.05, 4.69) is 32.5 Å². The molecule has 1 aromatic heterocycles. The molecular weight excluding hydrogens is 242 g/mol. The highest BCUT2D eigenvalue weighted by Gasteiger charge is 2.20. The number of methoxy groups -OCH3 is 1. The molecule has 106 valence electrons. The molecule has 2 heterocycles. The lowest BCUT2D eigenvalue weighted by molar-refractivity contribution is 0.260. The Bertz CT molecular complexity index is 412. The lowest BCUT2D eigenvalue weighted by Gasteiger charge is -2.30. The predicted molar refractivity (Wildman–Crippen MR) is 76.9 cm³/mol. The lowest BCUT2D eigenvalue weighted by atomic mass is 10.1. The first-order valence-corrected chi connectivity index (χ1v) is 6.82. The van der Waals surface area contributed by atoms with E-state index < -0.39 is 0 Å². The second-order valence-electron chi connectivity index (χ2n) is 4.88. The van der Waals surface area contributed by atoms with Gasteiger partial charge < -0.3 is 20.3 Å². The van der Waals surface area contributed by atoms with Gasteiger partial charge in [-0.15, -0.1) is 0 Å². The highest BCUT2D eigenvalue weighted by molar-refractivity contribution is 5.63. The van der Waals surface area contributed by atoms with Gasteiger partial charge in [0.05, 0.1) is 7.11 Å². The normalized spacial score (nSPS) is 20.1. The van der Waals surface area contributed by atoms with Gasteiger partial charge in [0.25, 0.3) is 0 Å². The summed E-state index contributed by atoms with van der Waals surface area (Å²) in [7, 11) is 3.80. The zero-order chi connectivity index (χ0) is 13.7. The Morgan fingerprint density at radius 3 is 2.89 bits per heavy atom. The summed E-state index contributed by atoms with van der Waals surface area (Å²) < 4.78 is 5.43. The van der Waals surface area contributed by atoms with Gasteiger partial charge in [0.1, 0.15) is 6.33 Å². The average Bonchev–Trinajstić information content (AvgIpc) is 2.39. The number of likely N-dealkylation sites (tertiary alicyclic amines) is 1. The quantitative estimate of drug-likeness (QED) is 0.839. The van der Waals surface area contributed by atoms with Crippen molar-refractivity contribution >= 4 is 11.6 Å². The molecule has 0 spiro atoms. The molecule has 1 aromatic rings. The Kier molecular flexibility index (Phi) is 4.79. The first-order valence-electron chi connectivity index (χ1n) is 6.82. The molecule has 6 heteroatoms. The van der Waals surface area contributed by atoms with E-state index in [4.69, 9.17) is 4.74 Å². The van der Waals surface area contributed by atoms with Gasteiger partial charge in [0, 0.05) is 19.1 Å². The number of aromatic nitrogens is 2. The number of rotatable bonds is 5. The molecule has 0 saturated carbocycles. The molecule has 2 N–H and O–H groups in total. The third-order valence-corrected chi connectivity index (χ3v) is 3.32. The smallest absolute Gasteiger partial charge is 0.204 e. The van der Waals surface area contributed by atoms with Crippen molar-refractivity contribution in [2.45, 2.75) is 25.8 Å². The summed E-state index contributed by atoms with van der Waals surface area (Å²) in [6, 6.07) is 0.414. The van der Waals surface area contributed by atoms with Crippen molar-refractivity contribution < 1.29 is 4.74 Å². The molecule has 0 aliphatic carbocycles. The number of hydrogen-bond donors (Lipinski definition) is 2. The number of ether oxygens (including phenoxy) is 1. The van der Waals surface area contributed by atoms with E-state index in [-0.39, 0.29) is 0 Å². The third-order valence-electron chi connectivity index (χ3n) is 3.32. The van der Waals surface area contributed by atoms with Crippen molar-refractivity contribution in [2.75, 3.05) is 44.4 Å². The molecule has 0 bridgehead atoms. The maximum absolute atomic E-state index is 5.43. The zero-order valence-electron chi connectivity index (χ0n) is 11.9. The van der Waals surface area contributed by atoms with E-state index in [9.17, 15) is 0 Å². The average molecular weight is 265 g/mol. The SMILES string of the molecule is CCNc1ncnc(NC2CCCN(C)C2)c1OC. The Balaban J connectivity index is 2.12. The summed E-state index contributed by atoms with van der Waals surface area (Å²) in [5, 5.41) is 6.66. The molecular formula is C13H23N5O. The van der Waals surface area contributed by atoms with Crippen LogP contribution in [0.15, 0.2) is 6.33 Å². The van der Waals surface area contributed by atoms with Gasteiger partial charge in [-0.05, 0) is 33.4 Å². The summed E-state index contributed by atoms with van der Waals surface area (Å²) >= 11 is 0. The Hall–Kier alpha value is -1.56. The molecule has 19 heavy (non-hydrogen) atoms. The fraction of sp³-hybridized carbons (Fsp3) is 0.692. The number of likely N-dealkylation sites (N-methyl/N-ethyl adjacent to an activating group) is 1. The van der Waals surface area contributed by atoms with Gasteiger partial charge in [0.2, 0.25) is 5.75 Å². The van der Waals surface area contributed by atoms with Crippen LogP contribution < -0.4 is 15.4 Å². The van der Waals surface area contributed by atoms with E-state index in [0.717, 1.165) is 31.1 Å². The first kappa shape index (κ1) is 13.9. The highest BCUT2D eigenvalue weighted by atomic mass is 16.5. The molecule has 1 aliphatic heterocycles. The number of anilines is 2. The topological polar surface area (TPSA) is 62.3 Å². The molecule has 1 aliphatic rings. The van der Waals surface area contributed by atoms with Crippen LogP contribution in [-0.4, -0.2) is 54.7 Å². The molecule has 1 saturated heterocycles. The second-order valence-corrected chi connectivity index (χ2v) is 4.88. The highest BCUT2D eigenvalue weighted by Crippen LogP contribution is 2.30. The maximum Gasteiger partial charge on any atom is 0.204 e. The number of hydrogen-bond acceptors (Lipinski definition) is 6. The second kappa shape index (κ2) is 6.56. The summed E-state index contributed by atoms with van der Waals surface area (Å²) in [5.74, 6) is 2.21. The fourth-order valence-corrected chi connectivity index (χ4v) is 2.44. The van der Waals surface area contributed by atoms with Crippen molar-refractivity contribution in [1.82, 2.24) is 14.9 Å². The minimum Gasteiger partial charge on any atom is -0.490 e. The number of nitrogens with zero attached hydrogens (tertiary/aromatic N) is 3. The van der Waals surface area contributed by atoms with Gasteiger partial charge in [-0.25, -0.2) is 9.97 Å². The Morgan fingerprint density at radius 1 is 1.42 bits per heavy atom. The van der Waals surface area contributed by atoms with Crippen LogP contribution in [0, 0.1) is 0 Å². The number of piperidine rings is 1. The van der Waals surface area contributed by atoms with Gasteiger partial charge in [-0.3, -0.25) is 0 Å². The molecule has 1 unspecified atom stereocenters. The molecule has 0 amide bonds. The van der Waals surface area contributed by atoms with Gasteiger partial charge in [0.15, 0.2) is 11.6 Å². The van der Waals surface area contributed by atoms with E-state index >= 15 is 0 Å².